The molecule has 2 heterocycles. The second kappa shape index (κ2) is 9.89. The zero-order chi connectivity index (χ0) is 25.1. The Hall–Kier alpha value is -4.69. The molecule has 36 heavy (non-hydrogen) atoms. The summed E-state index contributed by atoms with van der Waals surface area (Å²) in [5, 5.41) is 16.1. The lowest BCUT2D eigenvalue weighted by Gasteiger charge is -2.09. The summed E-state index contributed by atoms with van der Waals surface area (Å²) in [7, 11) is 0. The summed E-state index contributed by atoms with van der Waals surface area (Å²) in [4.78, 5) is 16.7. The van der Waals surface area contributed by atoms with Crippen LogP contribution in [0.3, 0.4) is 0 Å². The maximum Gasteiger partial charge on any atom is 0.250 e. The Balaban J connectivity index is 1.20. The van der Waals surface area contributed by atoms with Gasteiger partial charge < -0.3 is 19.3 Å². The summed E-state index contributed by atoms with van der Waals surface area (Å²) in [5.74, 6) is 1.10. The molecule has 0 radical (unpaired) electrons. The molecule has 0 bridgehead atoms. The van der Waals surface area contributed by atoms with Crippen molar-refractivity contribution in [3.05, 3.63) is 96.3 Å². The average Bonchev–Trinajstić information content (AvgIpc) is 3.50. The number of nitrogens with one attached hydrogen (secondary N) is 2. The Labute approximate surface area is 212 Å². The van der Waals surface area contributed by atoms with Crippen LogP contribution < -0.4 is 10.6 Å². The Kier molecular flexibility index (Phi) is 6.34. The van der Waals surface area contributed by atoms with Gasteiger partial charge in [0.05, 0.1) is 5.56 Å². The van der Waals surface area contributed by atoms with Crippen LogP contribution in [0.25, 0.3) is 40.0 Å². The lowest BCUT2D eigenvalue weighted by molar-refractivity contribution is -0.115. The zero-order valence-electron chi connectivity index (χ0n) is 19.2. The number of phenolic OH excluding ortho intramolecular Hbond substituents is 1. The van der Waals surface area contributed by atoms with Crippen LogP contribution in [0.15, 0.2) is 93.8 Å². The molecule has 3 N–H and O–H groups in total. The Morgan fingerprint density at radius 3 is 2.64 bits per heavy atom. The molecule has 3 aromatic carbocycles. The smallest absolute Gasteiger partial charge is 0.250 e. The van der Waals surface area contributed by atoms with Gasteiger partial charge >= 0.3 is 0 Å². The van der Waals surface area contributed by atoms with E-state index in [1.807, 2.05) is 61.5 Å². The first-order chi connectivity index (χ1) is 17.4. The van der Waals surface area contributed by atoms with Gasteiger partial charge in [-0.2, -0.15) is 0 Å². The van der Waals surface area contributed by atoms with E-state index in [0.29, 0.717) is 34.2 Å². The minimum Gasteiger partial charge on any atom is -0.507 e. The lowest BCUT2D eigenvalue weighted by atomic mass is 10.2. The van der Waals surface area contributed by atoms with E-state index in [2.05, 4.69) is 15.6 Å². The maximum absolute atomic E-state index is 12.3. The van der Waals surface area contributed by atoms with Crippen LogP contribution in [0.5, 0.6) is 5.75 Å². The second-order valence-electron chi connectivity index (χ2n) is 8.07. The molecule has 178 valence electrons. The number of amides is 1. The third-order valence-electron chi connectivity index (χ3n) is 5.35. The van der Waals surface area contributed by atoms with Gasteiger partial charge in [0.15, 0.2) is 10.7 Å². The van der Waals surface area contributed by atoms with Gasteiger partial charge in [0.1, 0.15) is 22.8 Å². The normalized spacial score (nSPS) is 11.1. The molecule has 5 rings (SSSR count). The molecule has 0 saturated heterocycles. The van der Waals surface area contributed by atoms with Gasteiger partial charge in [0.2, 0.25) is 11.8 Å². The predicted molar refractivity (Wildman–Crippen MR) is 143 cm³/mol. The molecule has 0 unspecified atom stereocenters. The third kappa shape index (κ3) is 5.18. The largest absolute Gasteiger partial charge is 0.507 e. The van der Waals surface area contributed by atoms with Gasteiger partial charge in [0.25, 0.3) is 0 Å². The summed E-state index contributed by atoms with van der Waals surface area (Å²) in [6.07, 6.45) is 2.89. The third-order valence-corrected chi connectivity index (χ3v) is 5.55. The van der Waals surface area contributed by atoms with E-state index >= 15 is 0 Å². The molecule has 5 aromatic rings. The summed E-state index contributed by atoms with van der Waals surface area (Å²) in [5.41, 5.74) is 4.32. The number of anilines is 1. The number of fused-ring (bicyclic) bond motifs is 1. The van der Waals surface area contributed by atoms with Gasteiger partial charge in [0, 0.05) is 23.4 Å². The Bertz CT molecular complexity index is 1600. The van der Waals surface area contributed by atoms with Crippen LogP contribution >= 0.6 is 12.2 Å². The van der Waals surface area contributed by atoms with Crippen molar-refractivity contribution in [1.29, 1.82) is 0 Å². The van der Waals surface area contributed by atoms with Crippen LogP contribution in [0.2, 0.25) is 0 Å². The van der Waals surface area contributed by atoms with Gasteiger partial charge in [-0.3, -0.25) is 10.1 Å². The fourth-order valence-electron chi connectivity index (χ4n) is 3.62. The number of furan rings is 1. The molecule has 0 atom stereocenters. The monoisotopic (exact) mass is 495 g/mol. The highest BCUT2D eigenvalue weighted by atomic mass is 32.1. The molecule has 2 aromatic heterocycles. The number of rotatable bonds is 5. The number of thiocarbonyl (C=S) groups is 1. The molecule has 0 spiro atoms. The molecule has 8 heteroatoms. The number of nitrogens with zero attached hydrogens (tertiary/aromatic N) is 1. The fraction of sp³-hybridized carbons (Fsp3) is 0.0357. The summed E-state index contributed by atoms with van der Waals surface area (Å²) >= 11 is 5.22. The number of oxazole rings is 1. The molecule has 1 amide bonds. The molecular weight excluding hydrogens is 474 g/mol. The molecule has 0 aliphatic heterocycles. The molecule has 0 fully saturated rings. The first-order valence-corrected chi connectivity index (χ1v) is 11.5. The average molecular weight is 496 g/mol. The second-order valence-corrected chi connectivity index (χ2v) is 8.48. The minimum atomic E-state index is -0.423. The summed E-state index contributed by atoms with van der Waals surface area (Å²) in [6, 6.07) is 23.9. The highest BCUT2D eigenvalue weighted by Gasteiger charge is 2.13. The van der Waals surface area contributed by atoms with Crippen LogP contribution in [0.4, 0.5) is 5.69 Å². The van der Waals surface area contributed by atoms with Crippen LogP contribution in [-0.4, -0.2) is 21.1 Å². The van der Waals surface area contributed by atoms with E-state index < -0.39 is 5.91 Å². The van der Waals surface area contributed by atoms with E-state index in [1.165, 1.54) is 12.1 Å². The van der Waals surface area contributed by atoms with Gasteiger partial charge in [-0.1, -0.05) is 36.4 Å². The predicted octanol–water partition coefficient (Wildman–Crippen LogP) is 6.30. The Morgan fingerprint density at radius 1 is 1.00 bits per heavy atom. The van der Waals surface area contributed by atoms with Crippen LogP contribution in [-0.2, 0) is 4.79 Å². The first kappa shape index (κ1) is 23.1. The van der Waals surface area contributed by atoms with E-state index in [0.717, 1.165) is 16.6 Å². The molecule has 0 saturated carbocycles. The van der Waals surface area contributed by atoms with Gasteiger partial charge in [-0.05, 0) is 67.2 Å². The first-order valence-electron chi connectivity index (χ1n) is 11.1. The number of aromatic nitrogens is 1. The fourth-order valence-corrected chi connectivity index (χ4v) is 3.84. The number of aryl methyl sites for hydroxylation is 1. The maximum atomic E-state index is 12.3. The number of aromatic hydroxyl groups is 1. The summed E-state index contributed by atoms with van der Waals surface area (Å²) < 4.78 is 11.5. The van der Waals surface area contributed by atoms with Crippen molar-refractivity contribution in [3.63, 3.8) is 0 Å². The van der Waals surface area contributed by atoms with Crippen molar-refractivity contribution in [1.82, 2.24) is 10.3 Å². The van der Waals surface area contributed by atoms with Crippen molar-refractivity contribution < 1.29 is 18.7 Å². The van der Waals surface area contributed by atoms with E-state index in [1.54, 1.807) is 24.3 Å². The topological polar surface area (TPSA) is 101 Å². The van der Waals surface area contributed by atoms with E-state index in [4.69, 9.17) is 21.1 Å². The molecule has 0 aliphatic rings. The van der Waals surface area contributed by atoms with Crippen molar-refractivity contribution in [2.45, 2.75) is 6.92 Å². The molecule has 0 aliphatic carbocycles. The van der Waals surface area contributed by atoms with Crippen molar-refractivity contribution in [2.24, 2.45) is 0 Å². The standard InChI is InChI=1S/C28H21N3O4S/c1-17-7-12-25-22(15-17)30-27(35-25)21-11-8-19(16-23(21)32)29-28(36)31-26(33)14-10-20-9-13-24(34-20)18-5-3-2-4-6-18/h2-16,32H,1H3,(H2,29,31,33,36)/b14-10+. The van der Waals surface area contributed by atoms with E-state index in [9.17, 15) is 9.90 Å². The van der Waals surface area contributed by atoms with Crippen molar-refractivity contribution >= 4 is 46.1 Å². The van der Waals surface area contributed by atoms with Crippen molar-refractivity contribution in [2.75, 3.05) is 5.32 Å². The summed E-state index contributed by atoms with van der Waals surface area (Å²) in [6.45, 7) is 1.97. The number of hydrogen-bond acceptors (Lipinski definition) is 6. The number of hydrogen-bond donors (Lipinski definition) is 3. The number of phenols is 1. The lowest BCUT2D eigenvalue weighted by Crippen LogP contribution is -2.32. The quantitative estimate of drug-likeness (QED) is 0.194. The number of benzene rings is 3. The highest BCUT2D eigenvalue weighted by Crippen LogP contribution is 2.33. The number of carbonyl (C=O) groups excluding carboxylic acids is 1. The number of carbonyl (C=O) groups is 1. The van der Waals surface area contributed by atoms with Crippen LogP contribution in [0.1, 0.15) is 11.3 Å². The Morgan fingerprint density at radius 2 is 1.83 bits per heavy atom. The zero-order valence-corrected chi connectivity index (χ0v) is 20.0. The minimum absolute atomic E-state index is 0.0376. The SMILES string of the molecule is Cc1ccc2oc(-c3ccc(NC(=S)NC(=O)/C=C/c4ccc(-c5ccccc5)o4)cc3O)nc2c1. The van der Waals surface area contributed by atoms with Crippen LogP contribution in [0, 0.1) is 6.92 Å². The molecular formula is C28H21N3O4S. The van der Waals surface area contributed by atoms with Gasteiger partial charge in [-0.25, -0.2) is 4.98 Å². The van der Waals surface area contributed by atoms with Crippen molar-refractivity contribution in [3.8, 4) is 28.5 Å². The highest BCUT2D eigenvalue weighted by molar-refractivity contribution is 7.80. The molecule has 7 nitrogen and oxygen atoms in total. The van der Waals surface area contributed by atoms with E-state index in [-0.39, 0.29) is 10.9 Å². The van der Waals surface area contributed by atoms with Gasteiger partial charge in [-0.15, -0.1) is 0 Å².